The molecule has 0 aliphatic heterocycles. The Balaban J connectivity index is 4.24. The number of aliphatic carboxylic acids is 1. The molecule has 0 aliphatic rings. The number of aliphatic hydroxyl groups is 5. The molecule has 0 rings (SSSR count). The lowest BCUT2D eigenvalue weighted by Gasteiger charge is -2.23. The van der Waals surface area contributed by atoms with Gasteiger partial charge in [0.05, 0.1) is 6.61 Å². The van der Waals surface area contributed by atoms with Gasteiger partial charge in [-0.1, -0.05) is 0 Å². The number of carboxylic acids is 1. The van der Waals surface area contributed by atoms with Crippen molar-refractivity contribution in [2.75, 3.05) is 6.61 Å². The van der Waals surface area contributed by atoms with Crippen LogP contribution in [0.3, 0.4) is 0 Å². The monoisotopic (exact) mass is 196 g/mol. The summed E-state index contributed by atoms with van der Waals surface area (Å²) >= 11 is 0. The van der Waals surface area contributed by atoms with Gasteiger partial charge in [-0.25, -0.2) is 4.79 Å². The number of hydrogen-bond donors (Lipinski definition) is 6. The van der Waals surface area contributed by atoms with Gasteiger partial charge < -0.3 is 30.6 Å². The summed E-state index contributed by atoms with van der Waals surface area (Å²) in [6.07, 6.45) is -7.84. The maximum Gasteiger partial charge on any atom is 0.335 e. The first-order chi connectivity index (χ1) is 5.91. The Morgan fingerprint density at radius 1 is 1.08 bits per heavy atom. The number of carbonyl (C=O) groups is 1. The summed E-state index contributed by atoms with van der Waals surface area (Å²) in [5.41, 5.74) is 0. The summed E-state index contributed by atoms with van der Waals surface area (Å²) in [7, 11) is 0. The molecule has 0 aromatic heterocycles. The van der Waals surface area contributed by atoms with E-state index in [1.54, 1.807) is 0 Å². The second-order valence-corrected chi connectivity index (χ2v) is 2.51. The van der Waals surface area contributed by atoms with Gasteiger partial charge in [-0.3, -0.25) is 0 Å². The predicted octanol–water partition coefficient (Wildman–Crippen LogP) is -3.49. The standard InChI is InChI=1S/C6H12O7/c7-1-2(8)3(9)4(10)5(11)6(12)13/h2-5,7-11H,1H2,(H,12,13)/t2?,3?,4?,5-/m0/s1. The summed E-state index contributed by atoms with van der Waals surface area (Å²) in [5.74, 6) is -1.73. The molecule has 0 radical (unpaired) electrons. The van der Waals surface area contributed by atoms with E-state index in [4.69, 9.17) is 30.6 Å². The third kappa shape index (κ3) is 3.25. The second kappa shape index (κ2) is 5.10. The summed E-state index contributed by atoms with van der Waals surface area (Å²) in [5, 5.41) is 51.8. The predicted molar refractivity (Wildman–Crippen MR) is 38.7 cm³/mol. The summed E-state index contributed by atoms with van der Waals surface area (Å²) < 4.78 is 0. The van der Waals surface area contributed by atoms with E-state index >= 15 is 0 Å². The lowest BCUT2D eigenvalue weighted by Crippen LogP contribution is -2.48. The number of rotatable bonds is 5. The van der Waals surface area contributed by atoms with Gasteiger partial charge in [0.15, 0.2) is 6.10 Å². The van der Waals surface area contributed by atoms with Crippen LogP contribution in [-0.2, 0) is 4.79 Å². The molecule has 13 heavy (non-hydrogen) atoms. The second-order valence-electron chi connectivity index (χ2n) is 2.51. The Morgan fingerprint density at radius 3 is 1.85 bits per heavy atom. The van der Waals surface area contributed by atoms with Crippen molar-refractivity contribution < 1.29 is 35.4 Å². The van der Waals surface area contributed by atoms with Crippen molar-refractivity contribution in [2.24, 2.45) is 0 Å². The van der Waals surface area contributed by atoms with Gasteiger partial charge in [0.25, 0.3) is 0 Å². The van der Waals surface area contributed by atoms with E-state index in [9.17, 15) is 4.79 Å². The van der Waals surface area contributed by atoms with Crippen LogP contribution in [0.1, 0.15) is 0 Å². The molecular formula is C6H12O7. The molecule has 0 aromatic rings. The van der Waals surface area contributed by atoms with Gasteiger partial charge in [-0.2, -0.15) is 0 Å². The molecule has 0 fully saturated rings. The van der Waals surface area contributed by atoms with E-state index < -0.39 is 37.0 Å². The average Bonchev–Trinajstić information content (AvgIpc) is 2.12. The van der Waals surface area contributed by atoms with Crippen molar-refractivity contribution in [3.63, 3.8) is 0 Å². The highest BCUT2D eigenvalue weighted by Crippen LogP contribution is 2.04. The Morgan fingerprint density at radius 2 is 1.54 bits per heavy atom. The number of carboxylic acid groups (broad SMARTS) is 1. The van der Waals surface area contributed by atoms with Gasteiger partial charge in [-0.05, 0) is 0 Å². The van der Waals surface area contributed by atoms with Crippen LogP contribution < -0.4 is 0 Å². The SMILES string of the molecule is O=C(O)[C@@H](O)C(O)C(O)C(O)CO. The van der Waals surface area contributed by atoms with Gasteiger partial charge in [0.2, 0.25) is 0 Å². The maximum absolute atomic E-state index is 10.1. The molecule has 7 nitrogen and oxygen atoms in total. The van der Waals surface area contributed by atoms with Crippen LogP contribution in [0.5, 0.6) is 0 Å². The highest BCUT2D eigenvalue weighted by atomic mass is 16.4. The Kier molecular flexibility index (Phi) is 4.81. The largest absolute Gasteiger partial charge is 0.479 e. The van der Waals surface area contributed by atoms with Gasteiger partial charge >= 0.3 is 5.97 Å². The van der Waals surface area contributed by atoms with Crippen LogP contribution in [-0.4, -0.2) is 67.6 Å². The zero-order valence-electron chi connectivity index (χ0n) is 6.61. The zero-order chi connectivity index (χ0) is 10.6. The van der Waals surface area contributed by atoms with E-state index in [1.165, 1.54) is 0 Å². The van der Waals surface area contributed by atoms with Crippen LogP contribution in [0, 0.1) is 0 Å². The maximum atomic E-state index is 10.1. The first kappa shape index (κ1) is 12.3. The molecule has 0 saturated carbocycles. The molecule has 4 atom stereocenters. The lowest BCUT2D eigenvalue weighted by molar-refractivity contribution is -0.164. The first-order valence-corrected chi connectivity index (χ1v) is 3.47. The topological polar surface area (TPSA) is 138 Å². The van der Waals surface area contributed by atoms with Crippen LogP contribution in [0.2, 0.25) is 0 Å². The number of hydrogen-bond acceptors (Lipinski definition) is 6. The molecule has 7 heteroatoms. The van der Waals surface area contributed by atoms with E-state index in [0.717, 1.165) is 0 Å². The molecule has 0 amide bonds. The fourth-order valence-corrected chi connectivity index (χ4v) is 0.668. The Bertz CT molecular complexity index is 170. The minimum Gasteiger partial charge on any atom is -0.479 e. The van der Waals surface area contributed by atoms with E-state index in [0.29, 0.717) is 0 Å². The quantitative estimate of drug-likeness (QED) is 0.268. The lowest BCUT2D eigenvalue weighted by atomic mass is 10.0. The third-order valence-electron chi connectivity index (χ3n) is 1.51. The van der Waals surface area contributed by atoms with E-state index in [-0.39, 0.29) is 0 Å². The van der Waals surface area contributed by atoms with Crippen molar-refractivity contribution in [1.29, 1.82) is 0 Å². The van der Waals surface area contributed by atoms with Crippen LogP contribution >= 0.6 is 0 Å². The highest BCUT2D eigenvalue weighted by molar-refractivity contribution is 5.72. The van der Waals surface area contributed by atoms with E-state index in [1.807, 2.05) is 0 Å². The normalized spacial score (nSPS) is 20.4. The molecule has 3 unspecified atom stereocenters. The molecule has 0 saturated heterocycles. The zero-order valence-corrected chi connectivity index (χ0v) is 6.61. The average molecular weight is 196 g/mol. The fraction of sp³-hybridized carbons (Fsp3) is 0.833. The Hall–Kier alpha value is -0.730. The van der Waals surface area contributed by atoms with Crippen molar-refractivity contribution in [3.8, 4) is 0 Å². The summed E-state index contributed by atoms with van der Waals surface area (Å²) in [4.78, 5) is 10.1. The van der Waals surface area contributed by atoms with Crippen LogP contribution in [0.25, 0.3) is 0 Å². The number of aliphatic hydroxyl groups excluding tert-OH is 5. The van der Waals surface area contributed by atoms with Crippen LogP contribution in [0.4, 0.5) is 0 Å². The first-order valence-electron chi connectivity index (χ1n) is 3.47. The summed E-state index contributed by atoms with van der Waals surface area (Å²) in [6.45, 7) is -0.843. The minimum absolute atomic E-state index is 0.843. The highest BCUT2D eigenvalue weighted by Gasteiger charge is 2.33. The summed E-state index contributed by atoms with van der Waals surface area (Å²) in [6, 6.07) is 0. The van der Waals surface area contributed by atoms with Gasteiger partial charge in [0.1, 0.15) is 18.3 Å². The van der Waals surface area contributed by atoms with Gasteiger partial charge in [0, 0.05) is 0 Å². The third-order valence-corrected chi connectivity index (χ3v) is 1.51. The molecular weight excluding hydrogens is 184 g/mol. The molecule has 0 aliphatic carbocycles. The molecule has 0 aromatic carbocycles. The molecule has 6 N–H and O–H groups in total. The van der Waals surface area contributed by atoms with Crippen LogP contribution in [0.15, 0.2) is 0 Å². The Labute approximate surface area is 73.5 Å². The fourth-order valence-electron chi connectivity index (χ4n) is 0.668. The molecule has 0 bridgehead atoms. The molecule has 0 spiro atoms. The molecule has 0 heterocycles. The van der Waals surface area contributed by atoms with Crippen molar-refractivity contribution >= 4 is 5.97 Å². The van der Waals surface area contributed by atoms with E-state index in [2.05, 4.69) is 0 Å². The smallest absolute Gasteiger partial charge is 0.335 e. The molecule has 78 valence electrons. The van der Waals surface area contributed by atoms with Crippen molar-refractivity contribution in [1.82, 2.24) is 0 Å². The minimum atomic E-state index is -2.20. The van der Waals surface area contributed by atoms with Crippen molar-refractivity contribution in [2.45, 2.75) is 24.4 Å². The van der Waals surface area contributed by atoms with Gasteiger partial charge in [-0.15, -0.1) is 0 Å². The van der Waals surface area contributed by atoms with Crippen molar-refractivity contribution in [3.05, 3.63) is 0 Å².